The van der Waals surface area contributed by atoms with E-state index in [-0.39, 0.29) is 22.6 Å². The van der Waals surface area contributed by atoms with Crippen molar-refractivity contribution in [1.29, 1.82) is 0 Å². The van der Waals surface area contributed by atoms with Gasteiger partial charge < -0.3 is 20.1 Å². The molecule has 0 bridgehead atoms. The molecular formula is C28H26BrF3N4O5. The highest BCUT2D eigenvalue weighted by Crippen LogP contribution is 2.36. The smallest absolute Gasteiger partial charge is 0.418 e. The fourth-order valence-electron chi connectivity index (χ4n) is 3.58. The Morgan fingerprint density at radius 2 is 1.63 bits per heavy atom. The molecule has 0 saturated heterocycles. The topological polar surface area (TPSA) is 118 Å². The van der Waals surface area contributed by atoms with Gasteiger partial charge in [0.1, 0.15) is 0 Å². The van der Waals surface area contributed by atoms with Gasteiger partial charge in [0.15, 0.2) is 18.1 Å². The minimum Gasteiger partial charge on any atom is -0.490 e. The summed E-state index contributed by atoms with van der Waals surface area (Å²) < 4.78 is 51.2. The maximum absolute atomic E-state index is 13.3. The predicted octanol–water partition coefficient (Wildman–Crippen LogP) is 5.59. The van der Waals surface area contributed by atoms with Crippen LogP contribution in [0.25, 0.3) is 0 Å². The second-order valence-electron chi connectivity index (χ2n) is 8.58. The lowest BCUT2D eigenvalue weighted by Gasteiger charge is -2.15. The zero-order valence-corrected chi connectivity index (χ0v) is 23.8. The van der Waals surface area contributed by atoms with E-state index in [1.54, 1.807) is 39.0 Å². The first-order valence-corrected chi connectivity index (χ1v) is 12.9. The molecule has 0 aliphatic rings. The van der Waals surface area contributed by atoms with Crippen LogP contribution in [0.4, 0.5) is 24.5 Å². The predicted molar refractivity (Wildman–Crippen MR) is 151 cm³/mol. The van der Waals surface area contributed by atoms with Gasteiger partial charge in [-0.1, -0.05) is 34.1 Å². The van der Waals surface area contributed by atoms with Crippen LogP contribution < -0.4 is 25.5 Å². The molecule has 0 aromatic heterocycles. The SMILES string of the molecule is CCOc1cc(/C=N\NC(=O)C(=O)Nc2c(C)cccc2C)ccc1OCC(=O)Nc1ccc(Br)cc1C(F)(F)F. The van der Waals surface area contributed by atoms with Crippen molar-refractivity contribution >= 4 is 51.2 Å². The summed E-state index contributed by atoms with van der Waals surface area (Å²) in [5.41, 5.74) is 3.35. The van der Waals surface area contributed by atoms with Crippen LogP contribution in [0.15, 0.2) is 64.2 Å². The molecule has 0 aliphatic carbocycles. The van der Waals surface area contributed by atoms with Crippen molar-refractivity contribution in [3.05, 3.63) is 81.3 Å². The summed E-state index contributed by atoms with van der Waals surface area (Å²) in [6.45, 7) is 4.98. The average Bonchev–Trinajstić information content (AvgIpc) is 2.90. The normalized spacial score (nSPS) is 11.2. The second kappa shape index (κ2) is 13.8. The van der Waals surface area contributed by atoms with Crippen molar-refractivity contribution in [2.45, 2.75) is 26.9 Å². The molecule has 216 valence electrons. The number of hydrogen-bond donors (Lipinski definition) is 3. The fourth-order valence-corrected chi connectivity index (χ4v) is 3.94. The number of hydrazone groups is 1. The number of nitrogens with one attached hydrogen (secondary N) is 3. The number of halogens is 4. The van der Waals surface area contributed by atoms with E-state index in [0.717, 1.165) is 23.3 Å². The molecular weight excluding hydrogens is 609 g/mol. The van der Waals surface area contributed by atoms with E-state index in [9.17, 15) is 27.6 Å². The van der Waals surface area contributed by atoms with E-state index in [0.29, 0.717) is 11.3 Å². The van der Waals surface area contributed by atoms with Crippen LogP contribution in [0, 0.1) is 13.8 Å². The van der Waals surface area contributed by atoms with Crippen molar-refractivity contribution in [1.82, 2.24) is 5.43 Å². The van der Waals surface area contributed by atoms with Crippen molar-refractivity contribution in [3.8, 4) is 11.5 Å². The van der Waals surface area contributed by atoms with Gasteiger partial charge in [0, 0.05) is 10.2 Å². The van der Waals surface area contributed by atoms with Crippen LogP contribution in [0.1, 0.15) is 29.2 Å². The van der Waals surface area contributed by atoms with E-state index in [2.05, 4.69) is 37.1 Å². The zero-order chi connectivity index (χ0) is 30.2. The first kappa shape index (κ1) is 31.1. The Morgan fingerprint density at radius 1 is 0.927 bits per heavy atom. The number of para-hydroxylation sites is 1. The Balaban J connectivity index is 1.61. The molecule has 0 spiro atoms. The number of ether oxygens (including phenoxy) is 2. The van der Waals surface area contributed by atoms with Gasteiger partial charge >= 0.3 is 18.0 Å². The summed E-state index contributed by atoms with van der Waals surface area (Å²) in [4.78, 5) is 36.8. The van der Waals surface area contributed by atoms with Crippen LogP contribution in [-0.4, -0.2) is 37.1 Å². The lowest BCUT2D eigenvalue weighted by molar-refractivity contribution is -0.137. The third kappa shape index (κ3) is 8.80. The molecule has 0 saturated carbocycles. The van der Waals surface area contributed by atoms with Gasteiger partial charge in [-0.25, -0.2) is 5.43 Å². The van der Waals surface area contributed by atoms with Crippen LogP contribution in [0.2, 0.25) is 0 Å². The fraction of sp³-hybridized carbons (Fsp3) is 0.214. The third-order valence-electron chi connectivity index (χ3n) is 5.49. The van der Waals surface area contributed by atoms with E-state index in [4.69, 9.17) is 9.47 Å². The first-order chi connectivity index (χ1) is 19.4. The van der Waals surface area contributed by atoms with Gasteiger partial charge in [0.2, 0.25) is 0 Å². The van der Waals surface area contributed by atoms with Gasteiger partial charge in [0.05, 0.1) is 24.1 Å². The summed E-state index contributed by atoms with van der Waals surface area (Å²) in [5, 5.41) is 8.56. The Bertz CT molecular complexity index is 1460. The molecule has 0 heterocycles. The molecule has 13 heteroatoms. The number of alkyl halides is 3. The Morgan fingerprint density at radius 3 is 2.29 bits per heavy atom. The minimum atomic E-state index is -4.67. The Kier molecular flexibility index (Phi) is 10.5. The number of benzene rings is 3. The van der Waals surface area contributed by atoms with Crippen LogP contribution in [0.3, 0.4) is 0 Å². The average molecular weight is 635 g/mol. The van der Waals surface area contributed by atoms with Gasteiger partial charge in [-0.3, -0.25) is 14.4 Å². The number of amides is 3. The van der Waals surface area contributed by atoms with Crippen molar-refractivity contribution < 1.29 is 37.0 Å². The summed E-state index contributed by atoms with van der Waals surface area (Å²) in [6.07, 6.45) is -3.40. The quantitative estimate of drug-likeness (QED) is 0.161. The monoisotopic (exact) mass is 634 g/mol. The lowest BCUT2D eigenvalue weighted by atomic mass is 10.1. The van der Waals surface area contributed by atoms with Crippen molar-refractivity contribution in [2.24, 2.45) is 5.10 Å². The number of nitrogens with zero attached hydrogens (tertiary/aromatic N) is 1. The van der Waals surface area contributed by atoms with Gasteiger partial charge in [-0.15, -0.1) is 0 Å². The number of carbonyl (C=O) groups is 3. The largest absolute Gasteiger partial charge is 0.490 e. The molecule has 3 aromatic rings. The molecule has 3 aromatic carbocycles. The number of carbonyl (C=O) groups excluding carboxylic acids is 3. The molecule has 41 heavy (non-hydrogen) atoms. The molecule has 3 amide bonds. The second-order valence-corrected chi connectivity index (χ2v) is 9.50. The molecule has 0 atom stereocenters. The zero-order valence-electron chi connectivity index (χ0n) is 22.2. The van der Waals surface area contributed by atoms with E-state index >= 15 is 0 Å². The molecule has 3 N–H and O–H groups in total. The summed E-state index contributed by atoms with van der Waals surface area (Å²) in [6, 6.07) is 13.3. The summed E-state index contributed by atoms with van der Waals surface area (Å²) >= 11 is 2.99. The molecule has 0 unspecified atom stereocenters. The van der Waals surface area contributed by atoms with E-state index in [1.807, 2.05) is 6.07 Å². The summed E-state index contributed by atoms with van der Waals surface area (Å²) in [5.74, 6) is -2.29. The number of aryl methyl sites for hydroxylation is 2. The molecule has 9 nitrogen and oxygen atoms in total. The van der Waals surface area contributed by atoms with Crippen molar-refractivity contribution in [3.63, 3.8) is 0 Å². The van der Waals surface area contributed by atoms with Crippen LogP contribution in [-0.2, 0) is 20.6 Å². The number of hydrogen-bond acceptors (Lipinski definition) is 6. The van der Waals surface area contributed by atoms with Crippen LogP contribution in [0.5, 0.6) is 11.5 Å². The molecule has 3 rings (SSSR count). The van der Waals surface area contributed by atoms with Crippen LogP contribution >= 0.6 is 15.9 Å². The van der Waals surface area contributed by atoms with Gasteiger partial charge in [-0.2, -0.15) is 18.3 Å². The number of rotatable bonds is 9. The third-order valence-corrected chi connectivity index (χ3v) is 5.99. The highest BCUT2D eigenvalue weighted by Gasteiger charge is 2.34. The van der Waals surface area contributed by atoms with Gasteiger partial charge in [-0.05, 0) is 73.9 Å². The van der Waals surface area contributed by atoms with E-state index in [1.165, 1.54) is 24.4 Å². The Labute approximate surface area is 242 Å². The highest BCUT2D eigenvalue weighted by atomic mass is 79.9. The maximum Gasteiger partial charge on any atom is 0.418 e. The minimum absolute atomic E-state index is 0.156. The van der Waals surface area contributed by atoms with E-state index < -0.39 is 41.8 Å². The van der Waals surface area contributed by atoms with Crippen molar-refractivity contribution in [2.75, 3.05) is 23.8 Å². The first-order valence-electron chi connectivity index (χ1n) is 12.2. The summed E-state index contributed by atoms with van der Waals surface area (Å²) in [7, 11) is 0. The maximum atomic E-state index is 13.3. The standard InChI is InChI=1S/C28H26BrF3N4O5/c1-4-40-23-12-18(14-33-36-27(39)26(38)35-25-16(2)6-5-7-17(25)3)8-11-22(23)41-15-24(37)34-21-10-9-19(29)13-20(21)28(30,31)32/h5-14H,4,15H2,1-3H3,(H,34,37)(H,35,38)(H,36,39)/b33-14-. The molecule has 0 radical (unpaired) electrons. The van der Waals surface area contributed by atoms with Gasteiger partial charge in [0.25, 0.3) is 5.91 Å². The molecule has 0 aliphatic heterocycles. The highest BCUT2D eigenvalue weighted by molar-refractivity contribution is 9.10. The Hall–Kier alpha value is -4.39. The molecule has 0 fully saturated rings. The lowest BCUT2D eigenvalue weighted by Crippen LogP contribution is -2.32. The number of anilines is 2.